The zero-order valence-electron chi connectivity index (χ0n) is 4.87. The molecular formula is C5H7N3S. The first-order valence-corrected chi connectivity index (χ1v) is 3.07. The molecule has 0 saturated carbocycles. The van der Waals surface area contributed by atoms with Gasteiger partial charge in [0.05, 0.1) is 18.6 Å². The van der Waals surface area contributed by atoms with Crippen LogP contribution in [0.1, 0.15) is 5.69 Å². The highest BCUT2D eigenvalue weighted by atomic mass is 32.1. The molecule has 9 heavy (non-hydrogen) atoms. The topological polar surface area (TPSA) is 41.0 Å². The standard InChI is InChI=1S/C5H7N3S/c9-8-2-1-5-3-6-4-7-5/h3-4H,1-2H2,(H,6,7). The first-order chi connectivity index (χ1) is 4.43. The Labute approximate surface area is 58.7 Å². The van der Waals surface area contributed by atoms with Gasteiger partial charge in [-0.25, -0.2) is 9.35 Å². The molecule has 0 saturated heterocycles. The third-order valence-corrected chi connectivity index (χ3v) is 1.20. The Morgan fingerprint density at radius 3 is 3.22 bits per heavy atom. The van der Waals surface area contributed by atoms with Gasteiger partial charge >= 0.3 is 0 Å². The van der Waals surface area contributed by atoms with Crippen molar-refractivity contribution in [2.45, 2.75) is 6.42 Å². The van der Waals surface area contributed by atoms with Gasteiger partial charge in [-0.15, -0.1) is 0 Å². The molecule has 48 valence electrons. The maximum absolute atomic E-state index is 4.41. The second kappa shape index (κ2) is 3.29. The van der Waals surface area contributed by atoms with E-state index in [1.54, 1.807) is 6.33 Å². The smallest absolute Gasteiger partial charge is 0.0923 e. The van der Waals surface area contributed by atoms with Gasteiger partial charge in [0.1, 0.15) is 0 Å². The Kier molecular flexibility index (Phi) is 2.32. The average Bonchev–Trinajstić information content (AvgIpc) is 2.34. The third kappa shape index (κ3) is 1.89. The highest BCUT2D eigenvalue weighted by Gasteiger charge is 1.90. The van der Waals surface area contributed by atoms with Crippen LogP contribution in [0.5, 0.6) is 0 Å². The van der Waals surface area contributed by atoms with Gasteiger partial charge in [0.2, 0.25) is 0 Å². The lowest BCUT2D eigenvalue weighted by atomic mass is 10.3. The van der Waals surface area contributed by atoms with Crippen LogP contribution in [-0.2, 0) is 18.8 Å². The molecule has 0 aliphatic carbocycles. The van der Waals surface area contributed by atoms with E-state index in [1.807, 2.05) is 6.20 Å². The van der Waals surface area contributed by atoms with Crippen molar-refractivity contribution in [3.8, 4) is 0 Å². The monoisotopic (exact) mass is 141 g/mol. The van der Waals surface area contributed by atoms with E-state index < -0.39 is 0 Å². The molecule has 0 radical (unpaired) electrons. The predicted molar refractivity (Wildman–Crippen MR) is 37.0 cm³/mol. The molecule has 4 heteroatoms. The van der Waals surface area contributed by atoms with Crippen LogP contribution in [0.25, 0.3) is 0 Å². The summed E-state index contributed by atoms with van der Waals surface area (Å²) in [5.74, 6) is 0. The number of hydrogen-bond donors (Lipinski definition) is 1. The lowest BCUT2D eigenvalue weighted by molar-refractivity contribution is 0.948. The fourth-order valence-corrected chi connectivity index (χ4v) is 0.679. The Balaban J connectivity index is 2.38. The summed E-state index contributed by atoms with van der Waals surface area (Å²) in [5, 5.41) is 0. The summed E-state index contributed by atoms with van der Waals surface area (Å²) in [5.41, 5.74) is 1.02. The van der Waals surface area contributed by atoms with Crippen molar-refractivity contribution in [1.29, 1.82) is 0 Å². The summed E-state index contributed by atoms with van der Waals surface area (Å²) < 4.78 is 3.54. The van der Waals surface area contributed by atoms with E-state index >= 15 is 0 Å². The number of nitrogens with one attached hydrogen (secondary N) is 1. The minimum atomic E-state index is 0.681. The van der Waals surface area contributed by atoms with E-state index in [-0.39, 0.29) is 0 Å². The molecule has 0 unspecified atom stereocenters. The van der Waals surface area contributed by atoms with Crippen LogP contribution in [0, 0.1) is 0 Å². The SMILES string of the molecule is S=NCCc1c[nH]cn1. The first kappa shape index (κ1) is 6.35. The van der Waals surface area contributed by atoms with Gasteiger partial charge in [-0.05, 0) is 0 Å². The molecule has 0 amide bonds. The summed E-state index contributed by atoms with van der Waals surface area (Å²) in [7, 11) is 0. The van der Waals surface area contributed by atoms with Gasteiger partial charge in [-0.3, -0.25) is 0 Å². The van der Waals surface area contributed by atoms with Crippen LogP contribution >= 0.6 is 0 Å². The van der Waals surface area contributed by atoms with Crippen LogP contribution in [0.15, 0.2) is 16.9 Å². The number of hydrogen-bond acceptors (Lipinski definition) is 3. The van der Waals surface area contributed by atoms with E-state index in [1.165, 1.54) is 0 Å². The average molecular weight is 141 g/mol. The molecule has 1 heterocycles. The number of H-pyrrole nitrogens is 1. The van der Waals surface area contributed by atoms with Gasteiger partial charge in [-0.2, -0.15) is 0 Å². The van der Waals surface area contributed by atoms with Crippen molar-refractivity contribution in [3.63, 3.8) is 0 Å². The minimum Gasteiger partial charge on any atom is -0.351 e. The molecule has 1 rings (SSSR count). The Bertz CT molecular complexity index is 170. The molecule has 0 fully saturated rings. The molecule has 0 aliphatic heterocycles. The van der Waals surface area contributed by atoms with Crippen LogP contribution in [0.2, 0.25) is 0 Å². The zero-order valence-corrected chi connectivity index (χ0v) is 5.69. The summed E-state index contributed by atoms with van der Waals surface area (Å²) in [6.07, 6.45) is 4.34. The number of nitrogens with zero attached hydrogens (tertiary/aromatic N) is 2. The number of imidazole rings is 1. The van der Waals surface area contributed by atoms with Crippen molar-refractivity contribution >= 4 is 12.4 Å². The van der Waals surface area contributed by atoms with Crippen molar-refractivity contribution in [3.05, 3.63) is 18.2 Å². The summed E-state index contributed by atoms with van der Waals surface area (Å²) >= 11 is 4.41. The van der Waals surface area contributed by atoms with E-state index in [2.05, 4.69) is 26.8 Å². The van der Waals surface area contributed by atoms with Crippen LogP contribution in [-0.4, -0.2) is 16.5 Å². The maximum Gasteiger partial charge on any atom is 0.0923 e. The van der Waals surface area contributed by atoms with Crippen molar-refractivity contribution in [2.24, 2.45) is 4.36 Å². The second-order valence-electron chi connectivity index (χ2n) is 1.66. The van der Waals surface area contributed by atoms with E-state index in [0.29, 0.717) is 6.54 Å². The molecule has 1 N–H and O–H groups in total. The molecular weight excluding hydrogens is 134 g/mol. The highest BCUT2D eigenvalue weighted by Crippen LogP contribution is 1.91. The predicted octanol–water partition coefficient (Wildman–Crippen LogP) is 0.683. The molecule has 0 spiro atoms. The number of aromatic nitrogens is 2. The van der Waals surface area contributed by atoms with Gasteiger partial charge in [0.15, 0.2) is 0 Å². The van der Waals surface area contributed by atoms with Gasteiger partial charge in [0, 0.05) is 25.0 Å². The lowest BCUT2D eigenvalue weighted by Gasteiger charge is -1.85. The molecule has 0 aliphatic rings. The molecule has 0 bridgehead atoms. The van der Waals surface area contributed by atoms with Crippen LogP contribution in [0.3, 0.4) is 0 Å². The van der Waals surface area contributed by atoms with Crippen molar-refractivity contribution < 1.29 is 0 Å². The van der Waals surface area contributed by atoms with Gasteiger partial charge in [0.25, 0.3) is 0 Å². The van der Waals surface area contributed by atoms with E-state index in [9.17, 15) is 0 Å². The van der Waals surface area contributed by atoms with E-state index in [4.69, 9.17) is 0 Å². The molecule has 0 atom stereocenters. The summed E-state index contributed by atoms with van der Waals surface area (Å²) in [6, 6.07) is 0. The Morgan fingerprint density at radius 1 is 1.78 bits per heavy atom. The number of rotatable bonds is 3. The molecule has 1 aromatic heterocycles. The largest absolute Gasteiger partial charge is 0.351 e. The quantitative estimate of drug-likeness (QED) is 0.672. The molecule has 0 aromatic carbocycles. The van der Waals surface area contributed by atoms with Crippen molar-refractivity contribution in [2.75, 3.05) is 6.54 Å². The zero-order chi connectivity index (χ0) is 6.53. The van der Waals surface area contributed by atoms with Crippen molar-refractivity contribution in [1.82, 2.24) is 9.97 Å². The third-order valence-electron chi connectivity index (χ3n) is 1.01. The van der Waals surface area contributed by atoms with Gasteiger partial charge in [-0.1, -0.05) is 0 Å². The van der Waals surface area contributed by atoms with E-state index in [0.717, 1.165) is 12.1 Å². The Hall–Kier alpha value is -0.770. The number of aromatic amines is 1. The van der Waals surface area contributed by atoms with Crippen LogP contribution in [0.4, 0.5) is 0 Å². The fraction of sp³-hybridized carbons (Fsp3) is 0.400. The highest BCUT2D eigenvalue weighted by molar-refractivity contribution is 7.47. The summed E-state index contributed by atoms with van der Waals surface area (Å²) in [4.78, 5) is 6.84. The maximum atomic E-state index is 4.41. The minimum absolute atomic E-state index is 0.681. The van der Waals surface area contributed by atoms with Crippen LogP contribution < -0.4 is 0 Å². The first-order valence-electron chi connectivity index (χ1n) is 2.70. The lowest BCUT2D eigenvalue weighted by Crippen LogP contribution is -1.86. The Morgan fingerprint density at radius 2 is 2.67 bits per heavy atom. The van der Waals surface area contributed by atoms with Gasteiger partial charge < -0.3 is 4.98 Å². The molecule has 1 aromatic rings. The second-order valence-corrected chi connectivity index (χ2v) is 1.92. The summed E-state index contributed by atoms with van der Waals surface area (Å²) in [6.45, 7) is 0.681. The molecule has 3 nitrogen and oxygen atoms in total. The fourth-order valence-electron chi connectivity index (χ4n) is 0.588. The normalized spacial score (nSPS) is 9.33.